The maximum Gasteiger partial charge on any atom is 0.244 e. The number of fused-ring (bicyclic) bond motifs is 1. The number of likely N-dealkylation sites (N-methyl/N-ethyl adjacent to an activating group) is 1. The van der Waals surface area contributed by atoms with Gasteiger partial charge in [0.1, 0.15) is 6.04 Å². The molecule has 18 heavy (non-hydrogen) atoms. The van der Waals surface area contributed by atoms with Crippen LogP contribution < -0.4 is 5.32 Å². The van der Waals surface area contributed by atoms with Crippen LogP contribution >= 0.6 is 0 Å². The summed E-state index contributed by atoms with van der Waals surface area (Å²) in [6, 6.07) is 7.81. The average Bonchev–Trinajstić information content (AvgIpc) is 2.86. The molecule has 5 heteroatoms. The summed E-state index contributed by atoms with van der Waals surface area (Å²) in [6.07, 6.45) is 0.832. The number of hydrogen-bond acceptors (Lipinski definition) is 3. The van der Waals surface area contributed by atoms with Crippen molar-refractivity contribution in [2.75, 3.05) is 18.9 Å². The molecular formula is C13H16N4O. The van der Waals surface area contributed by atoms with Crippen LogP contribution in [0.25, 0.3) is 11.0 Å². The number of hydrogen-bond donors (Lipinski definition) is 1. The van der Waals surface area contributed by atoms with Crippen molar-refractivity contribution >= 4 is 22.9 Å². The minimum atomic E-state index is -0.148. The molecule has 0 bridgehead atoms. The molecule has 1 atom stereocenters. The van der Waals surface area contributed by atoms with Gasteiger partial charge in [-0.05, 0) is 18.6 Å². The molecule has 1 unspecified atom stereocenters. The lowest BCUT2D eigenvalue weighted by atomic mass is 10.2. The van der Waals surface area contributed by atoms with E-state index >= 15 is 0 Å². The largest absolute Gasteiger partial charge is 0.344 e. The van der Waals surface area contributed by atoms with Gasteiger partial charge in [-0.2, -0.15) is 0 Å². The van der Waals surface area contributed by atoms with Crippen molar-refractivity contribution < 1.29 is 4.79 Å². The molecule has 1 fully saturated rings. The highest BCUT2D eigenvalue weighted by atomic mass is 16.2. The van der Waals surface area contributed by atoms with Gasteiger partial charge in [0, 0.05) is 20.6 Å². The molecule has 0 saturated carbocycles. The number of carbonyl (C=O) groups is 1. The Morgan fingerprint density at radius 1 is 1.33 bits per heavy atom. The number of amides is 1. The summed E-state index contributed by atoms with van der Waals surface area (Å²) in [5.74, 6) is 0.895. The van der Waals surface area contributed by atoms with E-state index in [4.69, 9.17) is 0 Å². The number of carbonyl (C=O) groups excluding carboxylic acids is 1. The third-order valence-corrected chi connectivity index (χ3v) is 3.52. The van der Waals surface area contributed by atoms with Crippen molar-refractivity contribution in [3.05, 3.63) is 24.3 Å². The molecule has 1 saturated heterocycles. The number of para-hydroxylation sites is 2. The number of anilines is 1. The molecule has 1 aromatic heterocycles. The van der Waals surface area contributed by atoms with Crippen LogP contribution in [-0.2, 0) is 11.8 Å². The smallest absolute Gasteiger partial charge is 0.244 e. The van der Waals surface area contributed by atoms with Crippen LogP contribution in [0.3, 0.4) is 0 Å². The molecular weight excluding hydrogens is 228 g/mol. The molecule has 0 spiro atoms. The molecule has 1 aromatic carbocycles. The van der Waals surface area contributed by atoms with Crippen molar-refractivity contribution in [3.63, 3.8) is 0 Å². The first kappa shape index (κ1) is 11.1. The fourth-order valence-electron chi connectivity index (χ4n) is 2.39. The van der Waals surface area contributed by atoms with Crippen LogP contribution in [-0.4, -0.2) is 40.0 Å². The summed E-state index contributed by atoms with van der Waals surface area (Å²) in [4.78, 5) is 18.1. The molecule has 0 radical (unpaired) electrons. The Kier molecular flexibility index (Phi) is 2.47. The fraction of sp³-hybridized carbons (Fsp3) is 0.385. The number of imidazole rings is 1. The van der Waals surface area contributed by atoms with Gasteiger partial charge in [0.05, 0.1) is 11.0 Å². The van der Waals surface area contributed by atoms with E-state index in [2.05, 4.69) is 10.3 Å². The van der Waals surface area contributed by atoms with Crippen LogP contribution in [0.5, 0.6) is 0 Å². The Morgan fingerprint density at radius 3 is 2.78 bits per heavy atom. The van der Waals surface area contributed by atoms with Crippen molar-refractivity contribution in [1.82, 2.24) is 14.5 Å². The van der Waals surface area contributed by atoms with E-state index in [9.17, 15) is 4.79 Å². The number of nitrogens with zero attached hydrogens (tertiary/aromatic N) is 3. The first-order valence-electron chi connectivity index (χ1n) is 6.10. The van der Waals surface area contributed by atoms with Crippen LogP contribution in [0.2, 0.25) is 0 Å². The zero-order chi connectivity index (χ0) is 12.7. The number of aromatic nitrogens is 2. The highest BCUT2D eigenvalue weighted by Crippen LogP contribution is 2.20. The normalized spacial score (nSPS) is 19.8. The molecule has 1 N–H and O–H groups in total. The predicted octanol–water partition coefficient (Wildman–Crippen LogP) is 1.22. The Morgan fingerprint density at radius 2 is 2.11 bits per heavy atom. The molecule has 1 aliphatic rings. The van der Waals surface area contributed by atoms with Gasteiger partial charge in [0.25, 0.3) is 0 Å². The van der Waals surface area contributed by atoms with Gasteiger partial charge in [-0.3, -0.25) is 4.79 Å². The minimum absolute atomic E-state index is 0.141. The van der Waals surface area contributed by atoms with Gasteiger partial charge in [-0.25, -0.2) is 4.98 Å². The molecule has 1 aliphatic heterocycles. The SMILES string of the molecule is CN1CCC(Nc2nc3ccccc3n2C)C1=O. The van der Waals surface area contributed by atoms with Crippen molar-refractivity contribution in [1.29, 1.82) is 0 Å². The van der Waals surface area contributed by atoms with E-state index < -0.39 is 0 Å². The van der Waals surface area contributed by atoms with E-state index in [0.717, 1.165) is 29.9 Å². The quantitative estimate of drug-likeness (QED) is 0.864. The van der Waals surface area contributed by atoms with Crippen LogP contribution in [0.4, 0.5) is 5.95 Å². The van der Waals surface area contributed by atoms with E-state index in [1.165, 1.54) is 0 Å². The zero-order valence-electron chi connectivity index (χ0n) is 10.6. The third-order valence-electron chi connectivity index (χ3n) is 3.52. The maximum absolute atomic E-state index is 11.9. The zero-order valence-corrected chi connectivity index (χ0v) is 10.6. The summed E-state index contributed by atoms with van der Waals surface area (Å²) < 4.78 is 1.99. The number of benzene rings is 1. The number of aryl methyl sites for hydroxylation is 1. The number of rotatable bonds is 2. The van der Waals surface area contributed by atoms with Gasteiger partial charge in [0.15, 0.2) is 0 Å². The Balaban J connectivity index is 1.91. The number of likely N-dealkylation sites (tertiary alicyclic amines) is 1. The molecule has 1 amide bonds. The standard InChI is InChI=1S/C13H16N4O/c1-16-8-7-10(12(16)18)15-13-14-9-5-3-4-6-11(9)17(13)2/h3-6,10H,7-8H2,1-2H3,(H,14,15). The first-order chi connectivity index (χ1) is 8.66. The van der Waals surface area contributed by atoms with Crippen LogP contribution in [0, 0.1) is 0 Å². The lowest BCUT2D eigenvalue weighted by molar-refractivity contribution is -0.127. The Hall–Kier alpha value is -2.04. The topological polar surface area (TPSA) is 50.2 Å². The van der Waals surface area contributed by atoms with Gasteiger partial charge >= 0.3 is 0 Å². The summed E-state index contributed by atoms with van der Waals surface area (Å²) in [5, 5.41) is 3.24. The second-order valence-electron chi connectivity index (χ2n) is 4.73. The molecule has 0 aliphatic carbocycles. The van der Waals surface area contributed by atoms with Crippen molar-refractivity contribution in [2.45, 2.75) is 12.5 Å². The van der Waals surface area contributed by atoms with Crippen molar-refractivity contribution in [2.24, 2.45) is 7.05 Å². The van der Waals surface area contributed by atoms with E-state index in [1.807, 2.05) is 42.9 Å². The van der Waals surface area contributed by atoms with E-state index in [-0.39, 0.29) is 11.9 Å². The monoisotopic (exact) mass is 244 g/mol. The highest BCUT2D eigenvalue weighted by molar-refractivity contribution is 5.87. The maximum atomic E-state index is 11.9. The second-order valence-corrected chi connectivity index (χ2v) is 4.73. The molecule has 2 aromatic rings. The van der Waals surface area contributed by atoms with E-state index in [1.54, 1.807) is 4.90 Å². The van der Waals surface area contributed by atoms with E-state index in [0.29, 0.717) is 0 Å². The third kappa shape index (κ3) is 1.63. The Bertz CT molecular complexity index is 604. The fourth-order valence-corrected chi connectivity index (χ4v) is 2.39. The van der Waals surface area contributed by atoms with Crippen LogP contribution in [0.1, 0.15) is 6.42 Å². The minimum Gasteiger partial charge on any atom is -0.344 e. The molecule has 3 rings (SSSR count). The number of nitrogens with one attached hydrogen (secondary N) is 1. The first-order valence-corrected chi connectivity index (χ1v) is 6.10. The second kappa shape index (κ2) is 4.01. The lowest BCUT2D eigenvalue weighted by Gasteiger charge is -2.12. The predicted molar refractivity (Wildman–Crippen MR) is 70.4 cm³/mol. The molecule has 5 nitrogen and oxygen atoms in total. The summed E-state index contributed by atoms with van der Waals surface area (Å²) in [6.45, 7) is 0.806. The van der Waals surface area contributed by atoms with Gasteiger partial charge < -0.3 is 14.8 Å². The highest BCUT2D eigenvalue weighted by Gasteiger charge is 2.29. The van der Waals surface area contributed by atoms with Gasteiger partial charge in [-0.1, -0.05) is 12.1 Å². The summed E-state index contributed by atoms with van der Waals surface area (Å²) >= 11 is 0. The van der Waals surface area contributed by atoms with Gasteiger partial charge in [0.2, 0.25) is 11.9 Å². The summed E-state index contributed by atoms with van der Waals surface area (Å²) in [5.41, 5.74) is 2.01. The van der Waals surface area contributed by atoms with Crippen molar-refractivity contribution in [3.8, 4) is 0 Å². The lowest BCUT2D eigenvalue weighted by Crippen LogP contribution is -2.31. The molecule has 94 valence electrons. The van der Waals surface area contributed by atoms with Gasteiger partial charge in [-0.15, -0.1) is 0 Å². The van der Waals surface area contributed by atoms with Crippen LogP contribution in [0.15, 0.2) is 24.3 Å². The summed E-state index contributed by atoms with van der Waals surface area (Å²) in [7, 11) is 3.79. The Labute approximate surface area is 105 Å². The molecule has 2 heterocycles. The average molecular weight is 244 g/mol.